The average molecular weight is 435 g/mol. The van der Waals surface area contributed by atoms with Crippen molar-refractivity contribution in [2.24, 2.45) is 5.92 Å². The predicted octanol–water partition coefficient (Wildman–Crippen LogP) is 3.89. The molecule has 31 heavy (non-hydrogen) atoms. The maximum atomic E-state index is 13.2. The van der Waals surface area contributed by atoms with Crippen molar-refractivity contribution >= 4 is 0 Å². The Morgan fingerprint density at radius 1 is 1.19 bits per heavy atom. The molecule has 0 amide bonds. The number of aromatic hydroxyl groups is 1. The number of halogens is 3. The van der Waals surface area contributed by atoms with Crippen LogP contribution >= 0.6 is 0 Å². The van der Waals surface area contributed by atoms with Gasteiger partial charge in [-0.05, 0) is 55.1 Å². The highest BCUT2D eigenvalue weighted by Gasteiger charge is 2.38. The van der Waals surface area contributed by atoms with E-state index in [0.717, 1.165) is 37.6 Å². The molecule has 0 aromatic heterocycles. The van der Waals surface area contributed by atoms with Crippen LogP contribution in [0.2, 0.25) is 0 Å². The summed E-state index contributed by atoms with van der Waals surface area (Å²) in [4.78, 5) is 2.30. The number of piperidine rings is 1. The minimum absolute atomic E-state index is 0.0301. The zero-order chi connectivity index (χ0) is 22.0. The summed E-state index contributed by atoms with van der Waals surface area (Å²) in [5.74, 6) is 1.20. The fourth-order valence-corrected chi connectivity index (χ4v) is 4.82. The van der Waals surface area contributed by atoms with Gasteiger partial charge in [-0.3, -0.25) is 15.8 Å². The number of likely N-dealkylation sites (tertiary alicyclic amines) is 1. The molecule has 2 aromatic carbocycles. The predicted molar refractivity (Wildman–Crippen MR) is 112 cm³/mol. The number of hydrazine groups is 1. The number of phenols is 1. The summed E-state index contributed by atoms with van der Waals surface area (Å²) in [7, 11) is 1.60. The molecule has 0 aliphatic carbocycles. The van der Waals surface area contributed by atoms with Gasteiger partial charge in [0.25, 0.3) is 0 Å². The number of benzene rings is 2. The van der Waals surface area contributed by atoms with Crippen LogP contribution in [0.4, 0.5) is 13.2 Å². The molecule has 2 aliphatic heterocycles. The van der Waals surface area contributed by atoms with Crippen LogP contribution in [-0.4, -0.2) is 42.8 Å². The van der Waals surface area contributed by atoms with Gasteiger partial charge in [0, 0.05) is 37.2 Å². The number of phenolic OH excluding ortho intramolecular Hbond substituents is 1. The molecular weight excluding hydrogens is 407 g/mol. The van der Waals surface area contributed by atoms with Crippen LogP contribution < -0.4 is 15.6 Å². The summed E-state index contributed by atoms with van der Waals surface area (Å²) in [6, 6.07) is 10.9. The van der Waals surface area contributed by atoms with E-state index in [1.54, 1.807) is 25.3 Å². The molecule has 2 fully saturated rings. The highest BCUT2D eigenvalue weighted by molar-refractivity contribution is 5.39. The summed E-state index contributed by atoms with van der Waals surface area (Å²) in [5, 5.41) is 10.2. The second-order valence-corrected chi connectivity index (χ2v) is 8.41. The fourth-order valence-electron chi connectivity index (χ4n) is 4.82. The molecule has 4 rings (SSSR count). The van der Waals surface area contributed by atoms with Crippen LogP contribution in [0.15, 0.2) is 42.5 Å². The van der Waals surface area contributed by atoms with Gasteiger partial charge < -0.3 is 9.84 Å². The number of hydrogen-bond donors (Lipinski definition) is 3. The normalized spacial score (nSPS) is 25.0. The zero-order valence-electron chi connectivity index (χ0n) is 17.5. The van der Waals surface area contributed by atoms with E-state index in [1.807, 2.05) is 6.07 Å². The Labute approximate surface area is 180 Å². The Bertz CT molecular complexity index is 906. The first-order chi connectivity index (χ1) is 14.8. The number of hydrogen-bond acceptors (Lipinski definition) is 5. The van der Waals surface area contributed by atoms with E-state index >= 15 is 0 Å². The lowest BCUT2D eigenvalue weighted by atomic mass is 9.80. The number of nitrogens with zero attached hydrogens (tertiary/aromatic N) is 1. The van der Waals surface area contributed by atoms with E-state index in [4.69, 9.17) is 4.74 Å². The zero-order valence-corrected chi connectivity index (χ0v) is 17.5. The van der Waals surface area contributed by atoms with Gasteiger partial charge >= 0.3 is 6.18 Å². The summed E-state index contributed by atoms with van der Waals surface area (Å²) >= 11 is 0. The number of nitrogens with one attached hydrogen (secondary N) is 2. The lowest BCUT2D eigenvalue weighted by molar-refractivity contribution is -0.137. The first-order valence-electron chi connectivity index (χ1n) is 10.6. The number of ether oxygens (including phenoxy) is 1. The summed E-state index contributed by atoms with van der Waals surface area (Å²) in [6.45, 7) is 2.93. The largest absolute Gasteiger partial charge is 0.508 e. The molecule has 5 nitrogen and oxygen atoms in total. The molecule has 2 heterocycles. The van der Waals surface area contributed by atoms with Gasteiger partial charge in [0.2, 0.25) is 0 Å². The molecule has 2 saturated heterocycles. The van der Waals surface area contributed by atoms with Crippen LogP contribution in [0, 0.1) is 5.92 Å². The van der Waals surface area contributed by atoms with E-state index in [9.17, 15) is 18.3 Å². The molecule has 3 N–H and O–H groups in total. The van der Waals surface area contributed by atoms with Gasteiger partial charge in [0.05, 0.1) is 12.7 Å². The van der Waals surface area contributed by atoms with E-state index in [1.165, 1.54) is 12.1 Å². The number of rotatable bonds is 5. The lowest BCUT2D eigenvalue weighted by Gasteiger charge is -2.37. The smallest absolute Gasteiger partial charge is 0.416 e. The molecule has 3 unspecified atom stereocenters. The molecule has 0 radical (unpaired) electrons. The molecule has 2 aromatic rings. The van der Waals surface area contributed by atoms with Crippen molar-refractivity contribution in [2.75, 3.05) is 26.7 Å². The van der Waals surface area contributed by atoms with Gasteiger partial charge in [-0.25, -0.2) is 0 Å². The van der Waals surface area contributed by atoms with Crippen LogP contribution in [0.3, 0.4) is 0 Å². The van der Waals surface area contributed by atoms with Crippen molar-refractivity contribution in [2.45, 2.75) is 37.5 Å². The van der Waals surface area contributed by atoms with E-state index in [0.29, 0.717) is 24.4 Å². The Kier molecular flexibility index (Phi) is 6.41. The van der Waals surface area contributed by atoms with Crippen molar-refractivity contribution < 1.29 is 23.0 Å². The van der Waals surface area contributed by atoms with Gasteiger partial charge in [-0.1, -0.05) is 18.2 Å². The van der Waals surface area contributed by atoms with E-state index in [-0.39, 0.29) is 23.6 Å². The highest BCUT2D eigenvalue weighted by atomic mass is 19.4. The Hall–Kier alpha value is -2.29. The minimum atomic E-state index is -4.34. The quantitative estimate of drug-likeness (QED) is 0.665. The maximum absolute atomic E-state index is 13.2. The summed E-state index contributed by atoms with van der Waals surface area (Å²) < 4.78 is 44.8. The molecule has 8 heteroatoms. The topological polar surface area (TPSA) is 56.8 Å². The molecule has 0 spiro atoms. The monoisotopic (exact) mass is 435 g/mol. The van der Waals surface area contributed by atoms with Crippen molar-refractivity contribution in [3.05, 3.63) is 59.2 Å². The van der Waals surface area contributed by atoms with Crippen molar-refractivity contribution in [1.29, 1.82) is 0 Å². The van der Waals surface area contributed by atoms with Crippen LogP contribution in [0.25, 0.3) is 0 Å². The van der Waals surface area contributed by atoms with Gasteiger partial charge in [0.1, 0.15) is 11.5 Å². The Balaban J connectivity index is 1.48. The van der Waals surface area contributed by atoms with E-state index < -0.39 is 11.7 Å². The van der Waals surface area contributed by atoms with Gasteiger partial charge in [0.15, 0.2) is 0 Å². The minimum Gasteiger partial charge on any atom is -0.508 e. The number of methoxy groups -OCH3 is 1. The Morgan fingerprint density at radius 3 is 2.81 bits per heavy atom. The van der Waals surface area contributed by atoms with Gasteiger partial charge in [-0.15, -0.1) is 0 Å². The molecule has 0 saturated carbocycles. The van der Waals surface area contributed by atoms with Crippen molar-refractivity contribution in [1.82, 2.24) is 15.8 Å². The first kappa shape index (κ1) is 21.9. The maximum Gasteiger partial charge on any atom is 0.416 e. The SMILES string of the molecule is COc1ccc(O)c(CN2CCCC(C3NNCC3c3cccc(C(F)(F)F)c3)C2)c1. The summed E-state index contributed by atoms with van der Waals surface area (Å²) in [5.41, 5.74) is 7.40. The third-order valence-corrected chi connectivity index (χ3v) is 6.40. The van der Waals surface area contributed by atoms with Crippen molar-refractivity contribution in [3.8, 4) is 11.5 Å². The molecular formula is C23H28F3N3O2. The third kappa shape index (κ3) is 4.97. The fraction of sp³-hybridized carbons (Fsp3) is 0.478. The van der Waals surface area contributed by atoms with E-state index in [2.05, 4.69) is 15.8 Å². The molecule has 0 bridgehead atoms. The Morgan fingerprint density at radius 2 is 2.03 bits per heavy atom. The van der Waals surface area contributed by atoms with Crippen LogP contribution in [0.5, 0.6) is 11.5 Å². The van der Waals surface area contributed by atoms with Crippen LogP contribution in [-0.2, 0) is 12.7 Å². The first-order valence-corrected chi connectivity index (χ1v) is 10.6. The second kappa shape index (κ2) is 9.06. The lowest BCUT2D eigenvalue weighted by Crippen LogP contribution is -2.46. The average Bonchev–Trinajstić information content (AvgIpc) is 3.25. The number of alkyl halides is 3. The second-order valence-electron chi connectivity index (χ2n) is 8.41. The summed E-state index contributed by atoms with van der Waals surface area (Å²) in [6.07, 6.45) is -2.33. The van der Waals surface area contributed by atoms with Gasteiger partial charge in [-0.2, -0.15) is 13.2 Å². The highest BCUT2D eigenvalue weighted by Crippen LogP contribution is 2.36. The third-order valence-electron chi connectivity index (χ3n) is 6.40. The molecule has 168 valence electrons. The molecule has 3 atom stereocenters. The standard InChI is InChI=1S/C23H28F3N3O2/c1-31-19-7-8-21(30)17(11-19)14-29-9-3-5-16(13-29)22-20(12-27-28-22)15-4-2-6-18(10-15)23(24,25)26/h2,4,6-8,10-11,16,20,22,27-28,30H,3,5,9,12-14H2,1H3. The van der Waals surface area contributed by atoms with Crippen molar-refractivity contribution in [3.63, 3.8) is 0 Å². The molecule has 2 aliphatic rings. The van der Waals surface area contributed by atoms with Crippen LogP contribution in [0.1, 0.15) is 35.4 Å².